The maximum atomic E-state index is 12.2. The molecule has 6 heteroatoms. The van der Waals surface area contributed by atoms with Crippen molar-refractivity contribution in [2.24, 2.45) is 5.92 Å². The maximum Gasteiger partial charge on any atom is 0.332 e. The molecule has 0 radical (unpaired) electrons. The minimum atomic E-state index is -1.29. The molecule has 1 aromatic carbocycles. The number of carbonyl (C=O) groups is 3. The van der Waals surface area contributed by atoms with Crippen LogP contribution in [-0.2, 0) is 14.4 Å². The summed E-state index contributed by atoms with van der Waals surface area (Å²) in [7, 11) is 0. The van der Waals surface area contributed by atoms with Gasteiger partial charge in [0.1, 0.15) is 5.75 Å². The van der Waals surface area contributed by atoms with Crippen molar-refractivity contribution in [1.82, 2.24) is 0 Å². The van der Waals surface area contributed by atoms with Gasteiger partial charge in [0, 0.05) is 5.57 Å². The van der Waals surface area contributed by atoms with Gasteiger partial charge in [0.2, 0.25) is 0 Å². The van der Waals surface area contributed by atoms with Crippen molar-refractivity contribution >= 4 is 17.9 Å². The van der Waals surface area contributed by atoms with Crippen LogP contribution in [-0.4, -0.2) is 28.1 Å². The van der Waals surface area contributed by atoms with Crippen LogP contribution in [0.2, 0.25) is 0 Å². The quantitative estimate of drug-likeness (QED) is 0.452. The lowest BCUT2D eigenvalue weighted by Crippen LogP contribution is -2.18. The van der Waals surface area contributed by atoms with Crippen LogP contribution in [0, 0.1) is 5.92 Å². The van der Waals surface area contributed by atoms with Crippen molar-refractivity contribution < 1.29 is 29.3 Å². The summed E-state index contributed by atoms with van der Waals surface area (Å²) in [6.45, 7) is 0. The highest BCUT2D eigenvalue weighted by atomic mass is 16.5. The number of hydrogen-bond donors (Lipinski definition) is 2. The molecule has 0 amide bonds. The first-order valence-corrected chi connectivity index (χ1v) is 7.90. The van der Waals surface area contributed by atoms with Gasteiger partial charge in [-0.15, -0.1) is 0 Å². The average molecular weight is 332 g/mol. The zero-order valence-corrected chi connectivity index (χ0v) is 13.2. The predicted molar refractivity (Wildman–Crippen MR) is 85.6 cm³/mol. The Morgan fingerprint density at radius 3 is 2.17 bits per heavy atom. The minimum Gasteiger partial charge on any atom is -0.481 e. The lowest BCUT2D eigenvalue weighted by atomic mass is 9.89. The number of aliphatic carboxylic acids is 2. The SMILES string of the molecule is O=C(O)CC(C(=O)O)=C(CC(=O)Oc1ccccc1)C1CCCC1. The average Bonchev–Trinajstić information content (AvgIpc) is 3.05. The number of carboxylic acid groups (broad SMARTS) is 2. The van der Waals surface area contributed by atoms with Crippen LogP contribution >= 0.6 is 0 Å². The standard InChI is InChI=1S/C18H20O6/c19-16(20)10-15(18(22)23)14(12-6-4-5-7-12)11-17(21)24-13-8-2-1-3-9-13/h1-3,8-9,12H,4-7,10-11H2,(H,19,20)(H,22,23). The molecule has 1 aliphatic rings. The Kier molecular flexibility index (Phi) is 6.12. The Morgan fingerprint density at radius 1 is 1.00 bits per heavy atom. The molecule has 0 aromatic heterocycles. The molecule has 1 saturated carbocycles. The molecule has 0 bridgehead atoms. The third-order valence-electron chi connectivity index (χ3n) is 4.13. The van der Waals surface area contributed by atoms with E-state index in [1.54, 1.807) is 30.3 Å². The van der Waals surface area contributed by atoms with Gasteiger partial charge in [0.15, 0.2) is 0 Å². The molecule has 0 heterocycles. The molecule has 0 saturated heterocycles. The Morgan fingerprint density at radius 2 is 1.62 bits per heavy atom. The van der Waals surface area contributed by atoms with Crippen LogP contribution in [0.25, 0.3) is 0 Å². The summed E-state index contributed by atoms with van der Waals surface area (Å²) in [4.78, 5) is 34.7. The van der Waals surface area contributed by atoms with Crippen LogP contribution in [0.4, 0.5) is 0 Å². The lowest BCUT2D eigenvalue weighted by molar-refractivity contribution is -0.140. The van der Waals surface area contributed by atoms with Crippen molar-refractivity contribution in [1.29, 1.82) is 0 Å². The molecule has 0 unspecified atom stereocenters. The zero-order valence-electron chi connectivity index (χ0n) is 13.2. The number of benzene rings is 1. The second-order valence-corrected chi connectivity index (χ2v) is 5.82. The van der Waals surface area contributed by atoms with Gasteiger partial charge >= 0.3 is 17.9 Å². The summed E-state index contributed by atoms with van der Waals surface area (Å²) >= 11 is 0. The van der Waals surface area contributed by atoms with E-state index in [4.69, 9.17) is 9.84 Å². The second kappa shape index (κ2) is 8.29. The first kappa shape index (κ1) is 17.7. The first-order valence-electron chi connectivity index (χ1n) is 7.90. The van der Waals surface area contributed by atoms with E-state index < -0.39 is 24.3 Å². The molecule has 24 heavy (non-hydrogen) atoms. The molecule has 1 aliphatic carbocycles. The first-order chi connectivity index (χ1) is 11.5. The van der Waals surface area contributed by atoms with E-state index >= 15 is 0 Å². The van der Waals surface area contributed by atoms with E-state index in [0.717, 1.165) is 25.7 Å². The highest BCUT2D eigenvalue weighted by molar-refractivity contribution is 5.94. The van der Waals surface area contributed by atoms with E-state index in [-0.39, 0.29) is 17.9 Å². The van der Waals surface area contributed by atoms with Crippen molar-refractivity contribution in [2.45, 2.75) is 38.5 Å². The van der Waals surface area contributed by atoms with Gasteiger partial charge in [-0.25, -0.2) is 4.79 Å². The summed E-state index contributed by atoms with van der Waals surface area (Å²) in [5.74, 6) is -2.78. The van der Waals surface area contributed by atoms with E-state index in [1.807, 2.05) is 0 Å². The molecule has 2 rings (SSSR count). The van der Waals surface area contributed by atoms with Crippen LogP contribution in [0.3, 0.4) is 0 Å². The predicted octanol–water partition coefficient (Wildman–Crippen LogP) is 3.03. The normalized spacial score (nSPS) is 15.7. The van der Waals surface area contributed by atoms with Gasteiger partial charge in [-0.05, 0) is 36.5 Å². The number of rotatable bonds is 7. The fraction of sp³-hybridized carbons (Fsp3) is 0.389. The number of carboxylic acids is 2. The largest absolute Gasteiger partial charge is 0.481 e. The van der Waals surface area contributed by atoms with Gasteiger partial charge in [-0.3, -0.25) is 9.59 Å². The fourth-order valence-electron chi connectivity index (χ4n) is 3.06. The molecular weight excluding hydrogens is 312 g/mol. The van der Waals surface area contributed by atoms with Crippen LogP contribution in [0.15, 0.2) is 41.5 Å². The lowest BCUT2D eigenvalue weighted by Gasteiger charge is -2.17. The van der Waals surface area contributed by atoms with E-state index in [1.165, 1.54) is 0 Å². The molecule has 0 spiro atoms. The topological polar surface area (TPSA) is 101 Å². The van der Waals surface area contributed by atoms with Crippen molar-refractivity contribution in [2.75, 3.05) is 0 Å². The summed E-state index contributed by atoms with van der Waals surface area (Å²) in [5.41, 5.74) is 0.197. The van der Waals surface area contributed by atoms with Crippen molar-refractivity contribution in [3.05, 3.63) is 41.5 Å². The molecule has 0 aliphatic heterocycles. The van der Waals surface area contributed by atoms with E-state index in [2.05, 4.69) is 0 Å². The van der Waals surface area contributed by atoms with Gasteiger partial charge in [0.05, 0.1) is 12.8 Å². The summed E-state index contributed by atoms with van der Waals surface area (Å²) in [5, 5.41) is 18.4. The van der Waals surface area contributed by atoms with E-state index in [0.29, 0.717) is 11.3 Å². The molecule has 1 aromatic rings. The zero-order chi connectivity index (χ0) is 17.5. The molecule has 2 N–H and O–H groups in total. The third-order valence-corrected chi connectivity index (χ3v) is 4.13. The number of carbonyl (C=O) groups excluding carboxylic acids is 1. The Hall–Kier alpha value is -2.63. The summed E-state index contributed by atoms with van der Waals surface area (Å²) in [6.07, 6.45) is 2.63. The van der Waals surface area contributed by atoms with Crippen LogP contribution in [0.1, 0.15) is 38.5 Å². The highest BCUT2D eigenvalue weighted by Crippen LogP contribution is 2.35. The smallest absolute Gasteiger partial charge is 0.332 e. The Balaban J connectivity index is 2.23. The molecule has 6 nitrogen and oxygen atoms in total. The van der Waals surface area contributed by atoms with Gasteiger partial charge in [-0.1, -0.05) is 31.0 Å². The number of esters is 1. The van der Waals surface area contributed by atoms with Crippen LogP contribution < -0.4 is 4.74 Å². The van der Waals surface area contributed by atoms with Gasteiger partial charge < -0.3 is 14.9 Å². The number of para-hydroxylation sites is 1. The number of hydrogen-bond acceptors (Lipinski definition) is 4. The Bertz CT molecular complexity index is 641. The number of ether oxygens (including phenoxy) is 1. The van der Waals surface area contributed by atoms with Crippen LogP contribution in [0.5, 0.6) is 5.75 Å². The molecule has 0 atom stereocenters. The van der Waals surface area contributed by atoms with Crippen molar-refractivity contribution in [3.63, 3.8) is 0 Å². The van der Waals surface area contributed by atoms with Crippen molar-refractivity contribution in [3.8, 4) is 5.75 Å². The maximum absolute atomic E-state index is 12.2. The Labute approximate surface area is 139 Å². The summed E-state index contributed by atoms with van der Waals surface area (Å²) in [6, 6.07) is 8.50. The monoisotopic (exact) mass is 332 g/mol. The summed E-state index contributed by atoms with van der Waals surface area (Å²) < 4.78 is 5.23. The van der Waals surface area contributed by atoms with E-state index in [9.17, 15) is 19.5 Å². The molecule has 1 fully saturated rings. The van der Waals surface area contributed by atoms with Gasteiger partial charge in [-0.2, -0.15) is 0 Å². The minimum absolute atomic E-state index is 0.0706. The second-order valence-electron chi connectivity index (χ2n) is 5.82. The highest BCUT2D eigenvalue weighted by Gasteiger charge is 2.28. The molecular formula is C18H20O6. The third kappa shape index (κ3) is 4.94. The molecule has 128 valence electrons. The fourth-order valence-corrected chi connectivity index (χ4v) is 3.06. The van der Waals surface area contributed by atoms with Gasteiger partial charge in [0.25, 0.3) is 0 Å².